The molecule has 3 nitrogen and oxygen atoms in total. The molecule has 1 heterocycles. The molecule has 0 N–H and O–H groups in total. The fourth-order valence-electron chi connectivity index (χ4n) is 3.42. The van der Waals surface area contributed by atoms with Gasteiger partial charge in [-0.05, 0) is 24.1 Å². The van der Waals surface area contributed by atoms with Gasteiger partial charge in [0.15, 0.2) is 5.78 Å². The second-order valence-electron chi connectivity index (χ2n) is 8.19. The molecule has 0 bridgehead atoms. The highest BCUT2D eigenvalue weighted by molar-refractivity contribution is 6.35. The number of aryl methyl sites for hydroxylation is 1. The quantitative estimate of drug-likeness (QED) is 0.399. The first kappa shape index (κ1) is 22.2. The zero-order valence-electron chi connectivity index (χ0n) is 17.4. The van der Waals surface area contributed by atoms with Crippen LogP contribution in [-0.4, -0.2) is 17.4 Å². The van der Waals surface area contributed by atoms with Crippen molar-refractivity contribution in [2.45, 2.75) is 47.1 Å². The standard InChI is InChI=1S/C24H24ClF2NO2/c1-5-19-17(13-14-9-11-15(12-10-14)22(29)24(2,3)4)21(30-23(26)27)16-7-6-8-18(25)20(16)28-19/h6-12,23H,5,13H2,1-4H3. The minimum atomic E-state index is -2.97. The van der Waals surface area contributed by atoms with Crippen LogP contribution in [0.15, 0.2) is 42.5 Å². The van der Waals surface area contributed by atoms with Gasteiger partial charge in [0.25, 0.3) is 0 Å². The van der Waals surface area contributed by atoms with Crippen molar-refractivity contribution in [3.8, 4) is 5.75 Å². The van der Waals surface area contributed by atoms with Crippen molar-refractivity contribution in [3.63, 3.8) is 0 Å². The number of fused-ring (bicyclic) bond motifs is 1. The zero-order valence-corrected chi connectivity index (χ0v) is 18.2. The second kappa shape index (κ2) is 8.68. The van der Waals surface area contributed by atoms with E-state index in [1.54, 1.807) is 30.3 Å². The maximum absolute atomic E-state index is 13.2. The van der Waals surface area contributed by atoms with E-state index in [-0.39, 0.29) is 11.5 Å². The smallest absolute Gasteiger partial charge is 0.387 e. The number of nitrogens with zero attached hydrogens (tertiary/aromatic N) is 1. The summed E-state index contributed by atoms with van der Waals surface area (Å²) in [7, 11) is 0. The number of rotatable bonds is 6. The number of aromatic nitrogens is 1. The lowest BCUT2D eigenvalue weighted by atomic mass is 9.86. The molecule has 3 rings (SSSR count). The van der Waals surface area contributed by atoms with Gasteiger partial charge < -0.3 is 4.74 Å². The average molecular weight is 432 g/mol. The zero-order chi connectivity index (χ0) is 22.1. The molecule has 0 atom stereocenters. The van der Waals surface area contributed by atoms with Crippen molar-refractivity contribution in [3.05, 3.63) is 69.9 Å². The van der Waals surface area contributed by atoms with Crippen molar-refractivity contribution in [1.82, 2.24) is 4.98 Å². The van der Waals surface area contributed by atoms with Gasteiger partial charge >= 0.3 is 6.61 Å². The van der Waals surface area contributed by atoms with Crippen LogP contribution in [-0.2, 0) is 12.8 Å². The van der Waals surface area contributed by atoms with Crippen LogP contribution in [0.3, 0.4) is 0 Å². The van der Waals surface area contributed by atoms with E-state index in [1.807, 2.05) is 39.8 Å². The Morgan fingerprint density at radius 2 is 1.80 bits per heavy atom. The Morgan fingerprint density at radius 3 is 2.37 bits per heavy atom. The van der Waals surface area contributed by atoms with Gasteiger partial charge in [0, 0.05) is 34.0 Å². The number of benzene rings is 2. The van der Waals surface area contributed by atoms with E-state index >= 15 is 0 Å². The topological polar surface area (TPSA) is 39.2 Å². The van der Waals surface area contributed by atoms with Crippen molar-refractivity contribution in [2.75, 3.05) is 0 Å². The number of pyridine rings is 1. The molecule has 0 radical (unpaired) electrons. The average Bonchev–Trinajstić information content (AvgIpc) is 2.69. The first-order chi connectivity index (χ1) is 14.1. The minimum absolute atomic E-state index is 0.0482. The van der Waals surface area contributed by atoms with Crippen molar-refractivity contribution < 1.29 is 18.3 Å². The summed E-state index contributed by atoms with van der Waals surface area (Å²) in [6.45, 7) is 4.56. The van der Waals surface area contributed by atoms with E-state index in [4.69, 9.17) is 16.3 Å². The van der Waals surface area contributed by atoms with Gasteiger partial charge in [0.2, 0.25) is 0 Å². The van der Waals surface area contributed by atoms with Gasteiger partial charge in [-0.2, -0.15) is 8.78 Å². The van der Waals surface area contributed by atoms with E-state index in [9.17, 15) is 13.6 Å². The number of hydrogen-bond donors (Lipinski definition) is 0. The summed E-state index contributed by atoms with van der Waals surface area (Å²) < 4.78 is 31.4. The van der Waals surface area contributed by atoms with Crippen LogP contribution in [0.4, 0.5) is 8.78 Å². The van der Waals surface area contributed by atoms with Crippen molar-refractivity contribution >= 4 is 28.3 Å². The molecule has 0 amide bonds. The Hall–Kier alpha value is -2.53. The first-order valence-electron chi connectivity index (χ1n) is 9.80. The van der Waals surface area contributed by atoms with E-state index in [2.05, 4.69) is 4.98 Å². The second-order valence-corrected chi connectivity index (χ2v) is 8.59. The van der Waals surface area contributed by atoms with E-state index in [1.165, 1.54) is 0 Å². The van der Waals surface area contributed by atoms with Crippen molar-refractivity contribution in [1.29, 1.82) is 0 Å². The Bertz CT molecular complexity index is 1070. The minimum Gasteiger partial charge on any atom is -0.434 e. The van der Waals surface area contributed by atoms with Crippen LogP contribution in [0.5, 0.6) is 5.75 Å². The molecule has 30 heavy (non-hydrogen) atoms. The Kier molecular flexibility index (Phi) is 6.41. The predicted octanol–water partition coefficient (Wildman–Crippen LogP) is 6.87. The van der Waals surface area contributed by atoms with Crippen LogP contribution in [0.1, 0.15) is 54.9 Å². The van der Waals surface area contributed by atoms with Gasteiger partial charge in [-0.1, -0.05) is 69.6 Å². The third-order valence-electron chi connectivity index (χ3n) is 4.92. The fraction of sp³-hybridized carbons (Fsp3) is 0.333. The molecule has 0 aliphatic heterocycles. The molecule has 0 unspecified atom stereocenters. The van der Waals surface area contributed by atoms with Crippen LogP contribution in [0.25, 0.3) is 10.9 Å². The van der Waals surface area contributed by atoms with E-state index < -0.39 is 12.0 Å². The molecule has 0 saturated carbocycles. The summed E-state index contributed by atoms with van der Waals surface area (Å²) in [6, 6.07) is 12.3. The summed E-state index contributed by atoms with van der Waals surface area (Å²) in [5.41, 5.74) is 2.72. The van der Waals surface area contributed by atoms with Crippen LogP contribution in [0.2, 0.25) is 5.02 Å². The summed E-state index contributed by atoms with van der Waals surface area (Å²) in [5.74, 6) is 0.149. The lowest BCUT2D eigenvalue weighted by molar-refractivity contribution is -0.0494. The number of carbonyl (C=O) groups is 1. The molecule has 158 valence electrons. The van der Waals surface area contributed by atoms with Gasteiger partial charge in [0.1, 0.15) is 5.75 Å². The van der Waals surface area contributed by atoms with Crippen molar-refractivity contribution in [2.24, 2.45) is 5.41 Å². The molecule has 6 heteroatoms. The summed E-state index contributed by atoms with van der Waals surface area (Å²) in [5, 5.41) is 0.840. The third kappa shape index (κ3) is 4.62. The number of alkyl halides is 2. The highest BCUT2D eigenvalue weighted by atomic mass is 35.5. The van der Waals surface area contributed by atoms with Crippen LogP contribution in [0, 0.1) is 5.41 Å². The summed E-state index contributed by atoms with van der Waals surface area (Å²) in [4.78, 5) is 17.1. The van der Waals surface area contributed by atoms with Crippen LogP contribution >= 0.6 is 11.6 Å². The molecular weight excluding hydrogens is 408 g/mol. The number of Topliss-reactive ketones (excluding diaryl/α,β-unsaturated/α-hetero) is 1. The molecular formula is C24H24ClF2NO2. The normalized spacial score (nSPS) is 11.9. The van der Waals surface area contributed by atoms with Gasteiger partial charge in [-0.3, -0.25) is 9.78 Å². The van der Waals surface area contributed by atoms with Gasteiger partial charge in [0.05, 0.1) is 10.5 Å². The van der Waals surface area contributed by atoms with Gasteiger partial charge in [-0.25, -0.2) is 0 Å². The Balaban J connectivity index is 2.08. The summed E-state index contributed by atoms with van der Waals surface area (Å²) in [6.07, 6.45) is 0.890. The largest absolute Gasteiger partial charge is 0.434 e. The monoisotopic (exact) mass is 431 g/mol. The fourth-order valence-corrected chi connectivity index (χ4v) is 3.63. The van der Waals surface area contributed by atoms with Gasteiger partial charge in [-0.15, -0.1) is 0 Å². The molecule has 1 aromatic heterocycles. The lowest BCUT2D eigenvalue weighted by Gasteiger charge is -2.18. The molecule has 0 spiro atoms. The molecule has 0 saturated heterocycles. The molecule has 0 fully saturated rings. The highest BCUT2D eigenvalue weighted by Gasteiger charge is 2.23. The molecule has 2 aromatic carbocycles. The number of ketones is 1. The van der Waals surface area contributed by atoms with E-state index in [0.29, 0.717) is 45.6 Å². The lowest BCUT2D eigenvalue weighted by Crippen LogP contribution is -2.20. The number of ether oxygens (including phenoxy) is 1. The van der Waals surface area contributed by atoms with Crippen LogP contribution < -0.4 is 4.74 Å². The number of para-hydroxylation sites is 1. The maximum Gasteiger partial charge on any atom is 0.387 e. The highest BCUT2D eigenvalue weighted by Crippen LogP contribution is 2.36. The molecule has 3 aromatic rings. The Morgan fingerprint density at radius 1 is 1.13 bits per heavy atom. The number of hydrogen-bond acceptors (Lipinski definition) is 3. The predicted molar refractivity (Wildman–Crippen MR) is 116 cm³/mol. The first-order valence-corrected chi connectivity index (χ1v) is 10.2. The number of carbonyl (C=O) groups excluding carboxylic acids is 1. The SMILES string of the molecule is CCc1nc2c(Cl)cccc2c(OC(F)F)c1Cc1ccc(C(=O)C(C)(C)C)cc1. The maximum atomic E-state index is 13.2. The Labute approximate surface area is 180 Å². The third-order valence-corrected chi connectivity index (χ3v) is 5.23. The van der Waals surface area contributed by atoms with E-state index in [0.717, 1.165) is 5.56 Å². The molecule has 0 aliphatic rings. The number of halogens is 3. The summed E-state index contributed by atoms with van der Waals surface area (Å²) >= 11 is 6.25. The molecule has 0 aliphatic carbocycles.